The molecule has 22 heavy (non-hydrogen) atoms. The summed E-state index contributed by atoms with van der Waals surface area (Å²) >= 11 is 0. The Labute approximate surface area is 129 Å². The first-order valence-corrected chi connectivity index (χ1v) is 7.02. The van der Waals surface area contributed by atoms with Crippen LogP contribution in [0.5, 0.6) is 0 Å². The highest BCUT2D eigenvalue weighted by molar-refractivity contribution is 5.58. The minimum atomic E-state index is 0.252. The van der Waals surface area contributed by atoms with Crippen molar-refractivity contribution >= 4 is 23.5 Å². The Morgan fingerprint density at radius 3 is 2.23 bits per heavy atom. The largest absolute Gasteiger partial charge is 0.240 e. The molecule has 0 spiro atoms. The zero-order chi connectivity index (χ0) is 15.9. The molecule has 0 aromatic heterocycles. The predicted octanol–water partition coefficient (Wildman–Crippen LogP) is 4.34. The number of hydrogen-bond acceptors (Lipinski definition) is 4. The van der Waals surface area contributed by atoms with Gasteiger partial charge in [0.2, 0.25) is 12.2 Å². The summed E-state index contributed by atoms with van der Waals surface area (Å²) in [4.78, 5) is 28.2. The van der Waals surface area contributed by atoms with Crippen LogP contribution in [0.2, 0.25) is 0 Å². The molecular formula is C18H16N2O2. The Hall–Kier alpha value is -2.80. The molecule has 0 heterocycles. The molecule has 2 aromatic rings. The number of nitrogens with zero attached hydrogens (tertiary/aromatic N) is 2. The van der Waals surface area contributed by atoms with Crippen molar-refractivity contribution in [3.63, 3.8) is 0 Å². The van der Waals surface area contributed by atoms with Gasteiger partial charge in [-0.3, -0.25) is 0 Å². The zero-order valence-electron chi connectivity index (χ0n) is 12.5. The first-order valence-electron chi connectivity index (χ1n) is 7.02. The van der Waals surface area contributed by atoms with Crippen molar-refractivity contribution in [2.45, 2.75) is 26.2 Å². The molecule has 0 atom stereocenters. The van der Waals surface area contributed by atoms with E-state index in [4.69, 9.17) is 0 Å². The molecule has 0 saturated carbocycles. The summed E-state index contributed by atoms with van der Waals surface area (Å²) in [5.74, 6) is 0.252. The molecule has 0 aliphatic heterocycles. The lowest BCUT2D eigenvalue weighted by molar-refractivity contribution is 0.564. The van der Waals surface area contributed by atoms with Crippen LogP contribution in [0.25, 0.3) is 0 Å². The topological polar surface area (TPSA) is 58.9 Å². The second kappa shape index (κ2) is 7.28. The maximum absolute atomic E-state index is 10.6. The number of hydrogen-bond donors (Lipinski definition) is 0. The molecule has 0 aliphatic carbocycles. The van der Waals surface area contributed by atoms with E-state index >= 15 is 0 Å². The quantitative estimate of drug-likeness (QED) is 0.608. The molecule has 0 bridgehead atoms. The molecular weight excluding hydrogens is 276 g/mol. The Kier molecular flexibility index (Phi) is 5.16. The highest BCUT2D eigenvalue weighted by Crippen LogP contribution is 2.31. The van der Waals surface area contributed by atoms with E-state index in [-0.39, 0.29) is 5.92 Å². The van der Waals surface area contributed by atoms with E-state index in [1.807, 2.05) is 30.3 Å². The second-order valence-corrected chi connectivity index (χ2v) is 5.25. The van der Waals surface area contributed by atoms with Crippen LogP contribution in [0, 0.1) is 0 Å². The van der Waals surface area contributed by atoms with Crippen LogP contribution in [0.1, 0.15) is 36.5 Å². The minimum Gasteiger partial charge on any atom is -0.211 e. The highest BCUT2D eigenvalue weighted by atomic mass is 16.1. The normalized spacial score (nSPS) is 9.95. The van der Waals surface area contributed by atoms with E-state index in [0.29, 0.717) is 11.4 Å². The van der Waals surface area contributed by atoms with Crippen molar-refractivity contribution in [3.8, 4) is 0 Å². The molecule has 0 unspecified atom stereocenters. The van der Waals surface area contributed by atoms with Gasteiger partial charge < -0.3 is 0 Å². The van der Waals surface area contributed by atoms with Gasteiger partial charge in [0.1, 0.15) is 0 Å². The lowest BCUT2D eigenvalue weighted by atomic mass is 9.91. The van der Waals surface area contributed by atoms with Gasteiger partial charge in [-0.05, 0) is 47.2 Å². The fourth-order valence-corrected chi connectivity index (χ4v) is 2.53. The van der Waals surface area contributed by atoms with Crippen molar-refractivity contribution < 1.29 is 9.59 Å². The molecule has 2 aromatic carbocycles. The van der Waals surface area contributed by atoms with Crippen LogP contribution < -0.4 is 0 Å². The van der Waals surface area contributed by atoms with Gasteiger partial charge in [0, 0.05) is 0 Å². The van der Waals surface area contributed by atoms with Crippen LogP contribution in [-0.2, 0) is 16.0 Å². The third-order valence-corrected chi connectivity index (χ3v) is 3.42. The lowest BCUT2D eigenvalue weighted by Crippen LogP contribution is -1.98. The summed E-state index contributed by atoms with van der Waals surface area (Å²) in [6, 6.07) is 13.2. The highest BCUT2D eigenvalue weighted by Gasteiger charge is 2.12. The first-order chi connectivity index (χ1) is 10.7. The summed E-state index contributed by atoms with van der Waals surface area (Å²) in [6.45, 7) is 4.15. The van der Waals surface area contributed by atoms with Crippen molar-refractivity contribution in [2.24, 2.45) is 9.98 Å². The Morgan fingerprint density at radius 1 is 0.955 bits per heavy atom. The van der Waals surface area contributed by atoms with E-state index < -0.39 is 0 Å². The maximum Gasteiger partial charge on any atom is 0.240 e. The van der Waals surface area contributed by atoms with Gasteiger partial charge in [-0.1, -0.05) is 38.1 Å². The van der Waals surface area contributed by atoms with Crippen molar-refractivity contribution in [2.75, 3.05) is 0 Å². The second-order valence-electron chi connectivity index (χ2n) is 5.25. The van der Waals surface area contributed by atoms with Gasteiger partial charge >= 0.3 is 0 Å². The van der Waals surface area contributed by atoms with Gasteiger partial charge in [-0.25, -0.2) is 9.59 Å². The van der Waals surface area contributed by atoms with E-state index in [0.717, 1.165) is 23.1 Å². The molecule has 0 amide bonds. The minimum absolute atomic E-state index is 0.252. The SMILES string of the molecule is CC(C)c1c(Cc2ccc(N=C=O)cc2)cccc1N=C=O. The Bertz CT molecular complexity index is 751. The van der Waals surface area contributed by atoms with Gasteiger partial charge in [0.15, 0.2) is 0 Å². The fraction of sp³-hybridized carbons (Fsp3) is 0.222. The lowest BCUT2D eigenvalue weighted by Gasteiger charge is -2.15. The molecule has 0 aliphatic rings. The summed E-state index contributed by atoms with van der Waals surface area (Å²) in [5, 5.41) is 0. The van der Waals surface area contributed by atoms with Crippen LogP contribution in [0.4, 0.5) is 11.4 Å². The summed E-state index contributed by atoms with van der Waals surface area (Å²) in [6.07, 6.45) is 3.87. The van der Waals surface area contributed by atoms with Crippen molar-refractivity contribution in [3.05, 3.63) is 59.2 Å². The van der Waals surface area contributed by atoms with E-state index in [1.54, 1.807) is 18.2 Å². The van der Waals surface area contributed by atoms with E-state index in [2.05, 4.69) is 23.8 Å². The van der Waals surface area contributed by atoms with Gasteiger partial charge in [0.05, 0.1) is 11.4 Å². The molecule has 0 N–H and O–H groups in total. The maximum atomic E-state index is 10.6. The number of benzene rings is 2. The molecule has 0 radical (unpaired) electrons. The monoisotopic (exact) mass is 292 g/mol. The Morgan fingerprint density at radius 2 is 1.64 bits per heavy atom. The van der Waals surface area contributed by atoms with E-state index in [1.165, 1.54) is 6.08 Å². The number of rotatable bonds is 5. The third-order valence-electron chi connectivity index (χ3n) is 3.42. The number of carbonyl (C=O) groups excluding carboxylic acids is 2. The fourth-order valence-electron chi connectivity index (χ4n) is 2.53. The van der Waals surface area contributed by atoms with Crippen molar-refractivity contribution in [1.29, 1.82) is 0 Å². The smallest absolute Gasteiger partial charge is 0.211 e. The molecule has 0 saturated heterocycles. The van der Waals surface area contributed by atoms with Gasteiger partial charge in [0.25, 0.3) is 0 Å². The van der Waals surface area contributed by atoms with Crippen LogP contribution in [0.3, 0.4) is 0 Å². The van der Waals surface area contributed by atoms with Crippen molar-refractivity contribution in [1.82, 2.24) is 0 Å². The molecule has 0 fully saturated rings. The Balaban J connectivity index is 2.38. The summed E-state index contributed by atoms with van der Waals surface area (Å²) < 4.78 is 0. The van der Waals surface area contributed by atoms with Gasteiger partial charge in [-0.2, -0.15) is 9.98 Å². The molecule has 2 rings (SSSR count). The van der Waals surface area contributed by atoms with Crippen LogP contribution in [0.15, 0.2) is 52.4 Å². The summed E-state index contributed by atoms with van der Waals surface area (Å²) in [7, 11) is 0. The molecule has 4 heteroatoms. The van der Waals surface area contributed by atoms with E-state index in [9.17, 15) is 9.59 Å². The zero-order valence-corrected chi connectivity index (χ0v) is 12.5. The van der Waals surface area contributed by atoms with Crippen LogP contribution in [-0.4, -0.2) is 12.2 Å². The number of aliphatic imine (C=N–C) groups is 2. The predicted molar refractivity (Wildman–Crippen MR) is 85.3 cm³/mol. The first kappa shape index (κ1) is 15.6. The van der Waals surface area contributed by atoms with Gasteiger partial charge in [-0.15, -0.1) is 0 Å². The molecule has 4 nitrogen and oxygen atoms in total. The third kappa shape index (κ3) is 3.64. The van der Waals surface area contributed by atoms with Crippen LogP contribution >= 0.6 is 0 Å². The summed E-state index contributed by atoms with van der Waals surface area (Å²) in [5.41, 5.74) is 4.53. The average molecular weight is 292 g/mol. The standard InChI is InChI=1S/C18H16N2O2/c1-13(2)18-15(4-3-5-17(18)20-12-22)10-14-6-8-16(9-7-14)19-11-21/h3-9,13H,10H2,1-2H3. The number of isocyanates is 2. The molecule has 110 valence electrons. The average Bonchev–Trinajstić information content (AvgIpc) is 2.50.